The fourth-order valence-electron chi connectivity index (χ4n) is 2.80. The summed E-state index contributed by atoms with van der Waals surface area (Å²) in [5, 5.41) is 13.1. The molecule has 1 amide bonds. The Morgan fingerprint density at radius 1 is 1.29 bits per heavy atom. The van der Waals surface area contributed by atoms with Gasteiger partial charge in [-0.1, -0.05) is 0 Å². The molecule has 3 rings (SSSR count). The highest BCUT2D eigenvalue weighted by molar-refractivity contribution is 5.92. The van der Waals surface area contributed by atoms with Gasteiger partial charge >= 0.3 is 0 Å². The zero-order chi connectivity index (χ0) is 17.1. The lowest BCUT2D eigenvalue weighted by Crippen LogP contribution is -2.42. The SMILES string of the molecule is Cc1cc(C(=O)N2CCC(Oc3ccc(C#N)cc3)CC2)nn1C. The van der Waals surface area contributed by atoms with Gasteiger partial charge in [0, 0.05) is 38.7 Å². The molecule has 1 aromatic carbocycles. The van der Waals surface area contributed by atoms with Crippen LogP contribution in [0.25, 0.3) is 0 Å². The lowest BCUT2D eigenvalue weighted by atomic mass is 10.1. The van der Waals surface area contributed by atoms with E-state index in [1.54, 1.807) is 16.8 Å². The van der Waals surface area contributed by atoms with Crippen LogP contribution >= 0.6 is 0 Å². The van der Waals surface area contributed by atoms with Gasteiger partial charge in [0.2, 0.25) is 0 Å². The molecule has 0 unspecified atom stereocenters. The van der Waals surface area contributed by atoms with Crippen LogP contribution in [0.4, 0.5) is 0 Å². The highest BCUT2D eigenvalue weighted by Gasteiger charge is 2.26. The van der Waals surface area contributed by atoms with Crippen molar-refractivity contribution in [1.29, 1.82) is 5.26 Å². The molecule has 24 heavy (non-hydrogen) atoms. The Kier molecular flexibility index (Phi) is 4.52. The van der Waals surface area contributed by atoms with Crippen LogP contribution in [0.2, 0.25) is 0 Å². The summed E-state index contributed by atoms with van der Waals surface area (Å²) in [5.41, 5.74) is 2.09. The number of carbonyl (C=O) groups excluding carboxylic acids is 1. The van der Waals surface area contributed by atoms with Crippen LogP contribution in [0.5, 0.6) is 5.75 Å². The van der Waals surface area contributed by atoms with Crippen molar-refractivity contribution >= 4 is 5.91 Å². The van der Waals surface area contributed by atoms with E-state index in [9.17, 15) is 4.79 Å². The van der Waals surface area contributed by atoms with Crippen molar-refractivity contribution in [3.63, 3.8) is 0 Å². The predicted octanol–water partition coefficient (Wildman–Crippen LogP) is 2.28. The summed E-state index contributed by atoms with van der Waals surface area (Å²) < 4.78 is 7.66. The van der Waals surface area contributed by atoms with Crippen molar-refractivity contribution in [3.05, 3.63) is 47.3 Å². The lowest BCUT2D eigenvalue weighted by molar-refractivity contribution is 0.0589. The van der Waals surface area contributed by atoms with Gasteiger partial charge in [-0.05, 0) is 37.3 Å². The first-order valence-electron chi connectivity index (χ1n) is 8.03. The van der Waals surface area contributed by atoms with E-state index in [2.05, 4.69) is 11.2 Å². The second kappa shape index (κ2) is 6.75. The van der Waals surface area contributed by atoms with E-state index in [0.717, 1.165) is 24.3 Å². The van der Waals surface area contributed by atoms with Gasteiger partial charge < -0.3 is 9.64 Å². The summed E-state index contributed by atoms with van der Waals surface area (Å²) in [5.74, 6) is 0.745. The van der Waals surface area contributed by atoms with E-state index in [1.165, 1.54) is 0 Å². The van der Waals surface area contributed by atoms with Crippen molar-refractivity contribution < 1.29 is 9.53 Å². The topological polar surface area (TPSA) is 71.2 Å². The molecule has 1 fully saturated rings. The molecule has 0 radical (unpaired) electrons. The molecule has 1 aromatic heterocycles. The number of nitriles is 1. The Morgan fingerprint density at radius 2 is 1.96 bits per heavy atom. The summed E-state index contributed by atoms with van der Waals surface area (Å²) in [6, 6.07) is 11.0. The maximum Gasteiger partial charge on any atom is 0.274 e. The number of ether oxygens (including phenoxy) is 1. The first-order chi connectivity index (χ1) is 11.6. The summed E-state index contributed by atoms with van der Waals surface area (Å²) in [4.78, 5) is 14.3. The monoisotopic (exact) mass is 324 g/mol. The minimum Gasteiger partial charge on any atom is -0.490 e. The quantitative estimate of drug-likeness (QED) is 0.868. The van der Waals surface area contributed by atoms with E-state index < -0.39 is 0 Å². The molecule has 2 heterocycles. The molecule has 0 aliphatic carbocycles. The fraction of sp³-hybridized carbons (Fsp3) is 0.389. The number of aryl methyl sites for hydroxylation is 2. The summed E-state index contributed by atoms with van der Waals surface area (Å²) >= 11 is 0. The van der Waals surface area contributed by atoms with Crippen molar-refractivity contribution in [2.75, 3.05) is 13.1 Å². The van der Waals surface area contributed by atoms with Crippen LogP contribution in [0.15, 0.2) is 30.3 Å². The Hall–Kier alpha value is -2.81. The molecule has 1 aliphatic heterocycles. The molecule has 1 saturated heterocycles. The summed E-state index contributed by atoms with van der Waals surface area (Å²) in [7, 11) is 1.84. The van der Waals surface area contributed by atoms with E-state index in [-0.39, 0.29) is 12.0 Å². The lowest BCUT2D eigenvalue weighted by Gasteiger charge is -2.31. The third-order valence-electron chi connectivity index (χ3n) is 4.35. The molecule has 6 nitrogen and oxygen atoms in total. The Morgan fingerprint density at radius 3 is 2.50 bits per heavy atom. The zero-order valence-electron chi connectivity index (χ0n) is 13.9. The molecule has 6 heteroatoms. The summed E-state index contributed by atoms with van der Waals surface area (Å²) in [6.07, 6.45) is 1.67. The van der Waals surface area contributed by atoms with E-state index in [0.29, 0.717) is 24.3 Å². The highest BCUT2D eigenvalue weighted by Crippen LogP contribution is 2.20. The first-order valence-corrected chi connectivity index (χ1v) is 8.03. The van der Waals surface area contributed by atoms with Crippen LogP contribution in [-0.4, -0.2) is 39.8 Å². The van der Waals surface area contributed by atoms with Gasteiger partial charge in [0.05, 0.1) is 11.6 Å². The van der Waals surface area contributed by atoms with Crippen LogP contribution in [0, 0.1) is 18.3 Å². The number of benzene rings is 1. The van der Waals surface area contributed by atoms with Gasteiger partial charge in [0.25, 0.3) is 5.91 Å². The molecule has 0 spiro atoms. The third-order valence-corrected chi connectivity index (χ3v) is 4.35. The first kappa shape index (κ1) is 16.1. The second-order valence-corrected chi connectivity index (χ2v) is 6.04. The van der Waals surface area contributed by atoms with Gasteiger partial charge in [0.1, 0.15) is 11.9 Å². The third kappa shape index (κ3) is 3.40. The Balaban J connectivity index is 1.55. The molecular weight excluding hydrogens is 304 g/mol. The molecular formula is C18H20N4O2. The minimum absolute atomic E-state index is 0.0180. The number of hydrogen-bond acceptors (Lipinski definition) is 4. The molecule has 0 bridgehead atoms. The number of rotatable bonds is 3. The van der Waals surface area contributed by atoms with Gasteiger partial charge in [-0.3, -0.25) is 9.48 Å². The Labute approximate surface area is 141 Å². The van der Waals surface area contributed by atoms with E-state index >= 15 is 0 Å². The number of carbonyl (C=O) groups is 1. The number of hydrogen-bond donors (Lipinski definition) is 0. The molecule has 0 atom stereocenters. The average Bonchev–Trinajstić information content (AvgIpc) is 2.95. The second-order valence-electron chi connectivity index (χ2n) is 6.04. The standard InChI is InChI=1S/C18H20N4O2/c1-13-11-17(20-21(13)2)18(23)22-9-7-16(8-10-22)24-15-5-3-14(12-19)4-6-15/h3-6,11,16H,7-10H2,1-2H3. The largest absolute Gasteiger partial charge is 0.490 e. The molecule has 0 N–H and O–H groups in total. The van der Waals surface area contributed by atoms with Gasteiger partial charge in [-0.25, -0.2) is 0 Å². The van der Waals surface area contributed by atoms with Crippen molar-refractivity contribution in [3.8, 4) is 11.8 Å². The van der Waals surface area contributed by atoms with Gasteiger partial charge in [-0.2, -0.15) is 10.4 Å². The van der Waals surface area contributed by atoms with Gasteiger partial charge in [0.15, 0.2) is 5.69 Å². The molecule has 124 valence electrons. The van der Waals surface area contributed by atoms with E-state index in [4.69, 9.17) is 10.00 Å². The number of likely N-dealkylation sites (tertiary alicyclic amines) is 1. The number of aromatic nitrogens is 2. The van der Waals surface area contributed by atoms with Crippen molar-refractivity contribution in [2.45, 2.75) is 25.9 Å². The average molecular weight is 324 g/mol. The maximum absolute atomic E-state index is 12.5. The number of nitrogens with zero attached hydrogens (tertiary/aromatic N) is 4. The summed E-state index contributed by atoms with van der Waals surface area (Å²) in [6.45, 7) is 3.26. The normalized spacial score (nSPS) is 15.1. The van der Waals surface area contributed by atoms with Crippen LogP contribution in [0.1, 0.15) is 34.6 Å². The van der Waals surface area contributed by atoms with Gasteiger partial charge in [-0.15, -0.1) is 0 Å². The fourth-order valence-corrected chi connectivity index (χ4v) is 2.80. The van der Waals surface area contributed by atoms with Crippen molar-refractivity contribution in [1.82, 2.24) is 14.7 Å². The van der Waals surface area contributed by atoms with E-state index in [1.807, 2.05) is 37.1 Å². The number of piperidine rings is 1. The van der Waals surface area contributed by atoms with Crippen LogP contribution in [0.3, 0.4) is 0 Å². The molecule has 2 aromatic rings. The predicted molar refractivity (Wildman–Crippen MR) is 88.7 cm³/mol. The Bertz CT molecular complexity index is 746. The minimum atomic E-state index is -0.0180. The van der Waals surface area contributed by atoms with Crippen LogP contribution in [-0.2, 0) is 7.05 Å². The molecule has 1 aliphatic rings. The van der Waals surface area contributed by atoms with Crippen LogP contribution < -0.4 is 4.74 Å². The maximum atomic E-state index is 12.5. The number of amides is 1. The zero-order valence-corrected chi connectivity index (χ0v) is 13.9. The van der Waals surface area contributed by atoms with Crippen molar-refractivity contribution in [2.24, 2.45) is 7.05 Å². The smallest absolute Gasteiger partial charge is 0.274 e. The highest BCUT2D eigenvalue weighted by atomic mass is 16.5. The molecule has 0 saturated carbocycles.